The molecule has 0 N–H and O–H groups in total. The van der Waals surface area contributed by atoms with E-state index in [9.17, 15) is 9.59 Å². The molecular formula is C28H28N2O3S2. The molecule has 0 spiro atoms. The van der Waals surface area contributed by atoms with E-state index in [1.165, 1.54) is 11.8 Å². The van der Waals surface area contributed by atoms with Crippen LogP contribution < -0.4 is 5.56 Å². The molecule has 0 radical (unpaired) electrons. The van der Waals surface area contributed by atoms with Crippen molar-refractivity contribution in [1.29, 1.82) is 0 Å². The lowest BCUT2D eigenvalue weighted by Gasteiger charge is -2.26. The van der Waals surface area contributed by atoms with Crippen LogP contribution in [0.25, 0.3) is 10.2 Å². The van der Waals surface area contributed by atoms with Gasteiger partial charge in [0.2, 0.25) is 0 Å². The Morgan fingerprint density at radius 1 is 1.14 bits per heavy atom. The lowest BCUT2D eigenvalue weighted by molar-refractivity contribution is 0.00200. The van der Waals surface area contributed by atoms with Crippen molar-refractivity contribution >= 4 is 39.1 Å². The Balaban J connectivity index is 1.51. The van der Waals surface area contributed by atoms with E-state index in [1.807, 2.05) is 48.5 Å². The van der Waals surface area contributed by atoms with Gasteiger partial charge in [-0.2, -0.15) is 0 Å². The van der Waals surface area contributed by atoms with Crippen LogP contribution in [0.5, 0.6) is 0 Å². The third-order valence-electron chi connectivity index (χ3n) is 6.43. The highest BCUT2D eigenvalue weighted by Gasteiger charge is 2.28. The summed E-state index contributed by atoms with van der Waals surface area (Å²) < 4.78 is 7.82. The number of thiophene rings is 1. The maximum absolute atomic E-state index is 13.9. The number of fused-ring (bicyclic) bond motifs is 3. The van der Waals surface area contributed by atoms with Gasteiger partial charge in [-0.1, -0.05) is 86.3 Å². The van der Waals surface area contributed by atoms with Crippen LogP contribution >= 0.6 is 23.1 Å². The molecule has 1 aliphatic rings. The highest BCUT2D eigenvalue weighted by Crippen LogP contribution is 2.36. The van der Waals surface area contributed by atoms with Crippen LogP contribution in [0.3, 0.4) is 0 Å². The molecule has 0 aliphatic carbocycles. The van der Waals surface area contributed by atoms with Crippen molar-refractivity contribution in [2.24, 2.45) is 5.92 Å². The van der Waals surface area contributed by atoms with Gasteiger partial charge in [-0.25, -0.2) is 4.98 Å². The van der Waals surface area contributed by atoms with Crippen LogP contribution in [0.4, 0.5) is 0 Å². The van der Waals surface area contributed by atoms with Gasteiger partial charge in [0.15, 0.2) is 10.9 Å². The number of aromatic nitrogens is 2. The number of nitrogens with zero attached hydrogens (tertiary/aromatic N) is 2. The Bertz CT molecular complexity index is 1390. The zero-order chi connectivity index (χ0) is 24.4. The number of carbonyl (C=O) groups is 1. The van der Waals surface area contributed by atoms with Gasteiger partial charge < -0.3 is 4.74 Å². The zero-order valence-corrected chi connectivity index (χ0v) is 21.5. The lowest BCUT2D eigenvalue weighted by Crippen LogP contribution is -2.29. The molecule has 180 valence electrons. The van der Waals surface area contributed by atoms with Gasteiger partial charge in [-0.05, 0) is 23.5 Å². The number of aryl methyl sites for hydroxylation is 1. The predicted molar refractivity (Wildman–Crippen MR) is 143 cm³/mol. The van der Waals surface area contributed by atoms with Crippen LogP contribution in [0.1, 0.15) is 40.2 Å². The number of hydrogen-bond donors (Lipinski definition) is 0. The molecule has 1 aliphatic heterocycles. The normalized spacial score (nSPS) is 15.5. The maximum atomic E-state index is 13.9. The Hall–Kier alpha value is -2.74. The Kier molecular flexibility index (Phi) is 7.18. The first-order valence-corrected chi connectivity index (χ1v) is 13.7. The summed E-state index contributed by atoms with van der Waals surface area (Å²) in [5, 5.41) is 1.33. The number of carbonyl (C=O) groups excluding carboxylic acids is 1. The van der Waals surface area contributed by atoms with Crippen molar-refractivity contribution < 1.29 is 9.53 Å². The number of Topliss-reactive ketones (excluding diaryl/α,β-unsaturated/α-hetero) is 1. The minimum Gasteiger partial charge on any atom is -0.372 e. The first-order chi connectivity index (χ1) is 17.0. The first kappa shape index (κ1) is 24.0. The highest BCUT2D eigenvalue weighted by molar-refractivity contribution is 7.99. The highest BCUT2D eigenvalue weighted by atomic mass is 32.2. The first-order valence-electron chi connectivity index (χ1n) is 11.9. The van der Waals surface area contributed by atoms with Gasteiger partial charge in [0.1, 0.15) is 4.83 Å². The number of rotatable bonds is 8. The van der Waals surface area contributed by atoms with Crippen LogP contribution in [0, 0.1) is 5.92 Å². The average molecular weight is 505 g/mol. The summed E-state index contributed by atoms with van der Waals surface area (Å²) in [4.78, 5) is 33.4. The molecule has 7 heteroatoms. The van der Waals surface area contributed by atoms with E-state index in [0.29, 0.717) is 29.8 Å². The van der Waals surface area contributed by atoms with E-state index in [0.717, 1.165) is 39.1 Å². The fourth-order valence-electron chi connectivity index (χ4n) is 4.40. The zero-order valence-electron chi connectivity index (χ0n) is 19.9. The van der Waals surface area contributed by atoms with Gasteiger partial charge in [0.05, 0.1) is 23.8 Å². The van der Waals surface area contributed by atoms with Crippen molar-refractivity contribution in [3.8, 4) is 0 Å². The van der Waals surface area contributed by atoms with Gasteiger partial charge in [0.25, 0.3) is 5.56 Å². The van der Waals surface area contributed by atoms with Crippen LogP contribution in [0.15, 0.2) is 70.6 Å². The second-order valence-corrected chi connectivity index (χ2v) is 11.2. The molecule has 1 unspecified atom stereocenters. The number of ether oxygens (including phenoxy) is 1. The molecule has 2 aromatic heterocycles. The number of benzene rings is 2. The summed E-state index contributed by atoms with van der Waals surface area (Å²) in [5.74, 6) is 0.639. The van der Waals surface area contributed by atoms with Crippen LogP contribution in [-0.4, -0.2) is 27.2 Å². The van der Waals surface area contributed by atoms with Gasteiger partial charge >= 0.3 is 0 Å². The summed E-state index contributed by atoms with van der Waals surface area (Å²) in [6, 6.07) is 19.4. The minimum absolute atomic E-state index is 0.0116. The van der Waals surface area contributed by atoms with Gasteiger partial charge in [0, 0.05) is 23.4 Å². The Morgan fingerprint density at radius 3 is 2.57 bits per heavy atom. The third kappa shape index (κ3) is 5.13. The van der Waals surface area contributed by atoms with E-state index in [-0.39, 0.29) is 23.2 Å². The fraction of sp³-hybridized carbons (Fsp3) is 0.321. The Labute approximate surface area is 213 Å². The van der Waals surface area contributed by atoms with Crippen LogP contribution in [-0.2, 0) is 30.7 Å². The lowest BCUT2D eigenvalue weighted by atomic mass is 9.96. The standard InChI is InChI=1S/C28H28N2O3S2/c1-18(2)23-15-21-24(16-33-23)35-26-25(21)27(32)30(14-13-19-9-5-3-6-10-19)28(29-26)34-17-22(31)20-11-7-4-8-12-20/h3-12,18,23H,13-17H2,1-2H3. The van der Waals surface area contributed by atoms with Crippen LogP contribution in [0.2, 0.25) is 0 Å². The molecule has 0 saturated carbocycles. The van der Waals surface area contributed by atoms with Crippen molar-refractivity contribution in [2.45, 2.75) is 51.1 Å². The predicted octanol–water partition coefficient (Wildman–Crippen LogP) is 5.77. The fourth-order valence-corrected chi connectivity index (χ4v) is 6.48. The topological polar surface area (TPSA) is 61.2 Å². The molecule has 4 aromatic rings. The smallest absolute Gasteiger partial charge is 0.263 e. The largest absolute Gasteiger partial charge is 0.372 e. The van der Waals surface area contributed by atoms with E-state index >= 15 is 0 Å². The average Bonchev–Trinajstić information content (AvgIpc) is 3.25. The molecule has 0 saturated heterocycles. The van der Waals surface area contributed by atoms with Gasteiger partial charge in [-0.15, -0.1) is 11.3 Å². The molecule has 3 heterocycles. The summed E-state index contributed by atoms with van der Waals surface area (Å²) in [6.45, 7) is 5.35. The summed E-state index contributed by atoms with van der Waals surface area (Å²) in [7, 11) is 0. The summed E-state index contributed by atoms with van der Waals surface area (Å²) >= 11 is 2.89. The maximum Gasteiger partial charge on any atom is 0.263 e. The second-order valence-electron chi connectivity index (χ2n) is 9.15. The summed E-state index contributed by atoms with van der Waals surface area (Å²) in [6.07, 6.45) is 1.56. The number of ketones is 1. The SMILES string of the molecule is CC(C)C1Cc2c(sc3nc(SCC(=O)c4ccccc4)n(CCc4ccccc4)c(=O)c23)CO1. The van der Waals surface area contributed by atoms with Crippen molar-refractivity contribution in [1.82, 2.24) is 9.55 Å². The third-order valence-corrected chi connectivity index (χ3v) is 8.51. The minimum atomic E-state index is -0.0116. The Morgan fingerprint density at radius 2 is 1.86 bits per heavy atom. The van der Waals surface area contributed by atoms with E-state index < -0.39 is 0 Å². The molecule has 0 bridgehead atoms. The van der Waals surface area contributed by atoms with E-state index in [1.54, 1.807) is 15.9 Å². The molecule has 5 rings (SSSR count). The van der Waals surface area contributed by atoms with Crippen molar-refractivity contribution in [3.05, 3.63) is 92.6 Å². The van der Waals surface area contributed by atoms with E-state index in [2.05, 4.69) is 26.0 Å². The molecule has 2 aromatic carbocycles. The van der Waals surface area contributed by atoms with Gasteiger partial charge in [-0.3, -0.25) is 14.2 Å². The van der Waals surface area contributed by atoms with Crippen molar-refractivity contribution in [3.63, 3.8) is 0 Å². The number of hydrogen-bond acceptors (Lipinski definition) is 6. The summed E-state index contributed by atoms with van der Waals surface area (Å²) in [5.41, 5.74) is 2.92. The van der Waals surface area contributed by atoms with Crippen molar-refractivity contribution in [2.75, 3.05) is 5.75 Å². The molecule has 35 heavy (non-hydrogen) atoms. The molecule has 0 amide bonds. The molecular weight excluding hydrogens is 476 g/mol. The molecule has 0 fully saturated rings. The quantitative estimate of drug-likeness (QED) is 0.173. The monoisotopic (exact) mass is 504 g/mol. The molecule has 5 nitrogen and oxygen atoms in total. The number of thioether (sulfide) groups is 1. The molecule has 1 atom stereocenters. The second kappa shape index (κ2) is 10.5. The van der Waals surface area contributed by atoms with E-state index in [4.69, 9.17) is 9.72 Å².